The van der Waals surface area contributed by atoms with Crippen LogP contribution in [0.5, 0.6) is 5.75 Å². The van der Waals surface area contributed by atoms with Crippen LogP contribution in [0.25, 0.3) is 5.82 Å². The number of halogens is 3. The molecule has 4 aromatic rings. The first-order chi connectivity index (χ1) is 16.9. The second kappa shape index (κ2) is 9.23. The number of alkyl halides is 3. The molecule has 0 aromatic carbocycles. The van der Waals surface area contributed by atoms with Crippen molar-refractivity contribution < 1.29 is 17.9 Å². The molecule has 0 spiro atoms. The van der Waals surface area contributed by atoms with Gasteiger partial charge in [0.15, 0.2) is 5.82 Å². The minimum absolute atomic E-state index is 0.0340. The number of pyridine rings is 1. The van der Waals surface area contributed by atoms with Crippen LogP contribution in [0.4, 0.5) is 19.1 Å². The molecular formula is C20H20F3N11O. The van der Waals surface area contributed by atoms with Gasteiger partial charge in [0, 0.05) is 25.5 Å². The summed E-state index contributed by atoms with van der Waals surface area (Å²) in [6.45, 7) is 3.41. The molecular weight excluding hydrogens is 467 g/mol. The fourth-order valence-electron chi connectivity index (χ4n) is 3.84. The first-order valence-electron chi connectivity index (χ1n) is 10.7. The van der Waals surface area contributed by atoms with E-state index in [1.807, 2.05) is 11.8 Å². The molecule has 0 amide bonds. The Labute approximate surface area is 196 Å². The zero-order valence-corrected chi connectivity index (χ0v) is 18.5. The molecule has 4 aromatic heterocycles. The van der Waals surface area contributed by atoms with E-state index in [2.05, 4.69) is 40.7 Å². The standard InChI is InChI=1S/C20H20F3N11O/c1-13-10-32(19-25-6-14(7-26-19)20(21,22)23)5-4-17(13)34-28-8-15(29-34)11-35-16-2-3-18(24-9-16)33-12-27-30-31-33/h2-3,6-9,12-13,17H,4-5,10-11H2,1H3. The Morgan fingerprint density at radius 2 is 1.91 bits per heavy atom. The smallest absolute Gasteiger partial charge is 0.419 e. The highest BCUT2D eigenvalue weighted by Gasteiger charge is 2.33. The van der Waals surface area contributed by atoms with Crippen LogP contribution < -0.4 is 9.64 Å². The highest BCUT2D eigenvalue weighted by molar-refractivity contribution is 5.31. The normalized spacial score (nSPS) is 18.6. The molecule has 1 saturated heterocycles. The van der Waals surface area contributed by atoms with Gasteiger partial charge in [-0.05, 0) is 34.9 Å². The summed E-state index contributed by atoms with van der Waals surface area (Å²) in [5.74, 6) is 1.54. The van der Waals surface area contributed by atoms with Crippen LogP contribution in [-0.2, 0) is 12.8 Å². The lowest BCUT2D eigenvalue weighted by Crippen LogP contribution is -2.41. The van der Waals surface area contributed by atoms with Gasteiger partial charge in [-0.25, -0.2) is 15.0 Å². The number of aromatic nitrogens is 10. The number of hydrogen-bond donors (Lipinski definition) is 0. The van der Waals surface area contributed by atoms with E-state index in [1.165, 1.54) is 11.0 Å². The van der Waals surface area contributed by atoms with E-state index >= 15 is 0 Å². The van der Waals surface area contributed by atoms with Crippen LogP contribution in [0.3, 0.4) is 0 Å². The Kier molecular flexibility index (Phi) is 5.96. The monoisotopic (exact) mass is 487 g/mol. The lowest BCUT2D eigenvalue weighted by molar-refractivity contribution is -0.138. The first kappa shape index (κ1) is 22.6. The van der Waals surface area contributed by atoms with E-state index in [4.69, 9.17) is 4.74 Å². The summed E-state index contributed by atoms with van der Waals surface area (Å²) in [5.41, 5.74) is -0.200. The summed E-state index contributed by atoms with van der Waals surface area (Å²) < 4.78 is 45.5. The summed E-state index contributed by atoms with van der Waals surface area (Å²) in [4.78, 5) is 15.6. The maximum atomic E-state index is 12.8. The second-order valence-corrected chi connectivity index (χ2v) is 8.10. The van der Waals surface area contributed by atoms with E-state index in [0.717, 1.165) is 12.4 Å². The largest absolute Gasteiger partial charge is 0.486 e. The quantitative estimate of drug-likeness (QED) is 0.399. The molecule has 2 unspecified atom stereocenters. The van der Waals surface area contributed by atoms with E-state index in [1.54, 1.807) is 29.3 Å². The van der Waals surface area contributed by atoms with Gasteiger partial charge in [0.2, 0.25) is 5.95 Å². The number of anilines is 1. The van der Waals surface area contributed by atoms with Gasteiger partial charge in [0.05, 0.1) is 24.0 Å². The molecule has 15 heteroatoms. The number of rotatable bonds is 6. The lowest BCUT2D eigenvalue weighted by atomic mass is 9.94. The van der Waals surface area contributed by atoms with Crippen LogP contribution in [0.1, 0.15) is 30.6 Å². The Bertz CT molecular complexity index is 1240. The topological polar surface area (TPSA) is 125 Å². The summed E-state index contributed by atoms with van der Waals surface area (Å²) in [6, 6.07) is 3.53. The average Bonchev–Trinajstić information content (AvgIpc) is 3.55. The van der Waals surface area contributed by atoms with Crippen molar-refractivity contribution in [3.8, 4) is 11.6 Å². The number of hydrogen-bond acceptors (Lipinski definition) is 10. The van der Waals surface area contributed by atoms with Crippen molar-refractivity contribution in [3.63, 3.8) is 0 Å². The third kappa shape index (κ3) is 5.02. The Morgan fingerprint density at radius 3 is 2.57 bits per heavy atom. The van der Waals surface area contributed by atoms with E-state index in [9.17, 15) is 13.2 Å². The van der Waals surface area contributed by atoms with Gasteiger partial charge >= 0.3 is 6.18 Å². The number of tetrazole rings is 1. The highest BCUT2D eigenvalue weighted by Crippen LogP contribution is 2.31. The molecule has 1 fully saturated rings. The fourth-order valence-corrected chi connectivity index (χ4v) is 3.84. The Balaban J connectivity index is 1.16. The minimum atomic E-state index is -4.46. The molecule has 0 N–H and O–H groups in total. The third-order valence-electron chi connectivity index (χ3n) is 5.65. The average molecular weight is 487 g/mol. The van der Waals surface area contributed by atoms with Crippen LogP contribution in [0.2, 0.25) is 0 Å². The predicted octanol–water partition coefficient (Wildman–Crippen LogP) is 2.12. The zero-order valence-electron chi connectivity index (χ0n) is 18.5. The van der Waals surface area contributed by atoms with Gasteiger partial charge in [-0.15, -0.1) is 5.10 Å². The van der Waals surface area contributed by atoms with Gasteiger partial charge in [0.25, 0.3) is 0 Å². The molecule has 12 nitrogen and oxygen atoms in total. The SMILES string of the molecule is CC1CN(c2ncc(C(F)(F)F)cn2)CCC1n1ncc(COc2ccc(-n3cnnn3)nc2)n1. The number of ether oxygens (including phenoxy) is 1. The predicted molar refractivity (Wildman–Crippen MR) is 113 cm³/mol. The second-order valence-electron chi connectivity index (χ2n) is 8.10. The van der Waals surface area contributed by atoms with Gasteiger partial charge in [-0.3, -0.25) is 0 Å². The van der Waals surface area contributed by atoms with Crippen molar-refractivity contribution in [2.24, 2.45) is 5.92 Å². The van der Waals surface area contributed by atoms with Crippen molar-refractivity contribution in [1.82, 2.24) is 50.2 Å². The van der Waals surface area contributed by atoms with Crippen molar-refractivity contribution >= 4 is 5.95 Å². The number of nitrogens with zero attached hydrogens (tertiary/aromatic N) is 11. The summed E-state index contributed by atoms with van der Waals surface area (Å²) in [7, 11) is 0. The molecule has 1 aliphatic rings. The molecule has 0 aliphatic carbocycles. The van der Waals surface area contributed by atoms with Gasteiger partial charge in [0.1, 0.15) is 24.4 Å². The molecule has 0 radical (unpaired) electrons. The number of piperidine rings is 1. The molecule has 182 valence electrons. The molecule has 0 bridgehead atoms. The first-order valence-corrected chi connectivity index (χ1v) is 10.7. The van der Waals surface area contributed by atoms with Crippen LogP contribution >= 0.6 is 0 Å². The molecule has 5 rings (SSSR count). The van der Waals surface area contributed by atoms with Crippen LogP contribution in [0, 0.1) is 5.92 Å². The maximum Gasteiger partial charge on any atom is 0.419 e. The highest BCUT2D eigenvalue weighted by atomic mass is 19.4. The fraction of sp³-hybridized carbons (Fsp3) is 0.400. The van der Waals surface area contributed by atoms with Crippen molar-refractivity contribution in [1.29, 1.82) is 0 Å². The van der Waals surface area contributed by atoms with Gasteiger partial charge < -0.3 is 9.64 Å². The summed E-state index contributed by atoms with van der Waals surface area (Å²) in [5, 5.41) is 19.9. The molecule has 1 aliphatic heterocycles. The van der Waals surface area contributed by atoms with Crippen LogP contribution in [0.15, 0.2) is 43.2 Å². The molecule has 35 heavy (non-hydrogen) atoms. The van der Waals surface area contributed by atoms with Crippen LogP contribution in [-0.4, -0.2) is 63.2 Å². The van der Waals surface area contributed by atoms with E-state index in [-0.39, 0.29) is 24.5 Å². The third-order valence-corrected chi connectivity index (χ3v) is 5.65. The lowest BCUT2D eigenvalue weighted by Gasteiger charge is -2.36. The minimum Gasteiger partial charge on any atom is -0.486 e. The Morgan fingerprint density at radius 1 is 1.09 bits per heavy atom. The molecule has 2 atom stereocenters. The Hall–Kier alpha value is -4.17. The van der Waals surface area contributed by atoms with Gasteiger partial charge in [-0.2, -0.15) is 32.8 Å². The zero-order chi connectivity index (χ0) is 24.4. The van der Waals surface area contributed by atoms with E-state index < -0.39 is 11.7 Å². The van der Waals surface area contributed by atoms with E-state index in [0.29, 0.717) is 36.8 Å². The van der Waals surface area contributed by atoms with Gasteiger partial charge in [-0.1, -0.05) is 6.92 Å². The van der Waals surface area contributed by atoms with Crippen molar-refractivity contribution in [2.45, 2.75) is 32.2 Å². The van der Waals surface area contributed by atoms with Crippen molar-refractivity contribution in [2.75, 3.05) is 18.0 Å². The summed E-state index contributed by atoms with van der Waals surface area (Å²) >= 11 is 0. The maximum absolute atomic E-state index is 12.8. The molecule has 0 saturated carbocycles. The van der Waals surface area contributed by atoms with Crippen molar-refractivity contribution in [3.05, 3.63) is 54.5 Å². The summed E-state index contributed by atoms with van der Waals surface area (Å²) in [6.07, 6.45) is 2.54. The molecule has 5 heterocycles.